The number of nitrogens with two attached hydrogens (primary N) is 1. The normalized spacial score (nSPS) is 26.4. The maximum Gasteiger partial charge on any atom is 0.221 e. The van der Waals surface area contributed by atoms with Gasteiger partial charge in [0.15, 0.2) is 5.79 Å². The summed E-state index contributed by atoms with van der Waals surface area (Å²) in [4.78, 5) is 10.8. The lowest BCUT2D eigenvalue weighted by atomic mass is 9.88. The zero-order valence-corrected chi connectivity index (χ0v) is 7.36. The van der Waals surface area contributed by atoms with Gasteiger partial charge in [-0.25, -0.2) is 0 Å². The third kappa shape index (κ3) is 2.43. The van der Waals surface area contributed by atoms with Gasteiger partial charge in [0, 0.05) is 18.9 Å². The van der Waals surface area contributed by atoms with Crippen molar-refractivity contribution in [2.75, 3.05) is 7.11 Å². The molecule has 1 aliphatic rings. The molecule has 1 aliphatic carbocycles. The van der Waals surface area contributed by atoms with Crippen LogP contribution in [0, 0.1) is 5.92 Å². The molecule has 0 aromatic rings. The fourth-order valence-corrected chi connectivity index (χ4v) is 1.40. The van der Waals surface area contributed by atoms with Gasteiger partial charge >= 0.3 is 0 Å². The highest BCUT2D eigenvalue weighted by molar-refractivity contribution is 5.77. The highest BCUT2D eigenvalue weighted by Gasteiger charge is 2.34. The Kier molecular flexibility index (Phi) is 2.58. The number of ether oxygens (including phenoxy) is 1. The third-order valence-electron chi connectivity index (χ3n) is 2.05. The van der Waals surface area contributed by atoms with Gasteiger partial charge in [-0.05, 0) is 0 Å². The number of primary amides is 1. The number of aliphatic hydroxyl groups is 2. The van der Waals surface area contributed by atoms with Crippen LogP contribution in [0.25, 0.3) is 0 Å². The Labute approximate surface area is 75.8 Å². The molecule has 5 nitrogen and oxygen atoms in total. The van der Waals surface area contributed by atoms with Gasteiger partial charge in [-0.15, -0.1) is 0 Å². The van der Waals surface area contributed by atoms with Crippen LogP contribution in [0.3, 0.4) is 0 Å². The molecule has 1 amide bonds. The van der Waals surface area contributed by atoms with E-state index in [1.807, 2.05) is 0 Å². The van der Waals surface area contributed by atoms with E-state index in [0.717, 1.165) is 0 Å². The standard InChI is InChI=1S/C8H13NO4/c1-13-6-2-5(7(9)10)3-8(11,12)4-6/h4-5,11-12H,2-3H2,1H3,(H2,9,10). The van der Waals surface area contributed by atoms with Crippen LogP contribution in [-0.4, -0.2) is 29.0 Å². The number of hydrogen-bond donors (Lipinski definition) is 3. The SMILES string of the molecule is COC1=CC(O)(O)CC(C(N)=O)C1. The van der Waals surface area contributed by atoms with E-state index in [-0.39, 0.29) is 6.42 Å². The maximum absolute atomic E-state index is 10.8. The largest absolute Gasteiger partial charge is 0.501 e. The minimum absolute atomic E-state index is 0.0742. The molecular weight excluding hydrogens is 174 g/mol. The van der Waals surface area contributed by atoms with Crippen LogP contribution in [-0.2, 0) is 9.53 Å². The Bertz CT molecular complexity index is 247. The molecule has 1 unspecified atom stereocenters. The smallest absolute Gasteiger partial charge is 0.221 e. The van der Waals surface area contributed by atoms with Crippen molar-refractivity contribution in [2.45, 2.75) is 18.6 Å². The van der Waals surface area contributed by atoms with E-state index in [1.54, 1.807) is 0 Å². The summed E-state index contributed by atoms with van der Waals surface area (Å²) in [5.41, 5.74) is 5.06. The monoisotopic (exact) mass is 187 g/mol. The molecule has 1 atom stereocenters. The zero-order valence-electron chi connectivity index (χ0n) is 7.36. The zero-order chi connectivity index (χ0) is 10.1. The number of rotatable bonds is 2. The highest BCUT2D eigenvalue weighted by Crippen LogP contribution is 2.29. The van der Waals surface area contributed by atoms with Gasteiger partial charge in [0.1, 0.15) is 0 Å². The van der Waals surface area contributed by atoms with Crippen molar-refractivity contribution in [1.82, 2.24) is 0 Å². The molecule has 0 aliphatic heterocycles. The van der Waals surface area contributed by atoms with Crippen molar-refractivity contribution in [3.63, 3.8) is 0 Å². The number of amides is 1. The molecule has 4 N–H and O–H groups in total. The Morgan fingerprint density at radius 3 is 2.85 bits per heavy atom. The van der Waals surface area contributed by atoms with Gasteiger partial charge in [0.2, 0.25) is 5.91 Å². The quantitative estimate of drug-likeness (QED) is 0.488. The molecule has 0 saturated heterocycles. The van der Waals surface area contributed by atoms with Crippen LogP contribution < -0.4 is 5.73 Å². The topological polar surface area (TPSA) is 92.8 Å². The Morgan fingerprint density at radius 2 is 2.38 bits per heavy atom. The predicted octanol–water partition coefficient (Wildman–Crippen LogP) is -0.907. The van der Waals surface area contributed by atoms with Gasteiger partial charge in [0.05, 0.1) is 18.8 Å². The van der Waals surface area contributed by atoms with Crippen molar-refractivity contribution in [3.05, 3.63) is 11.8 Å². The average Bonchev–Trinajstić information content (AvgIpc) is 2.01. The summed E-state index contributed by atoms with van der Waals surface area (Å²) in [5, 5.41) is 18.6. The maximum atomic E-state index is 10.8. The summed E-state index contributed by atoms with van der Waals surface area (Å²) >= 11 is 0. The second kappa shape index (κ2) is 3.35. The van der Waals surface area contributed by atoms with Gasteiger partial charge in [0.25, 0.3) is 0 Å². The van der Waals surface area contributed by atoms with E-state index in [1.165, 1.54) is 13.2 Å². The van der Waals surface area contributed by atoms with Gasteiger partial charge in [-0.3, -0.25) is 4.79 Å². The number of carbonyl (C=O) groups excluding carboxylic acids is 1. The van der Waals surface area contributed by atoms with E-state index >= 15 is 0 Å². The fraction of sp³-hybridized carbons (Fsp3) is 0.625. The summed E-state index contributed by atoms with van der Waals surface area (Å²) < 4.78 is 4.84. The van der Waals surface area contributed by atoms with Crippen molar-refractivity contribution in [1.29, 1.82) is 0 Å². The van der Waals surface area contributed by atoms with Crippen LogP contribution in [0.1, 0.15) is 12.8 Å². The summed E-state index contributed by atoms with van der Waals surface area (Å²) in [6.45, 7) is 0. The number of allylic oxidation sites excluding steroid dienone is 1. The van der Waals surface area contributed by atoms with Crippen LogP contribution in [0.5, 0.6) is 0 Å². The van der Waals surface area contributed by atoms with E-state index in [4.69, 9.17) is 10.5 Å². The summed E-state index contributed by atoms with van der Waals surface area (Å²) in [6.07, 6.45) is 1.44. The summed E-state index contributed by atoms with van der Waals surface area (Å²) in [5.74, 6) is -2.73. The molecule has 1 rings (SSSR count). The predicted molar refractivity (Wildman–Crippen MR) is 44.2 cm³/mol. The number of methoxy groups -OCH3 is 1. The molecule has 0 aromatic carbocycles. The second-order valence-electron chi connectivity index (χ2n) is 3.20. The number of hydrogen-bond acceptors (Lipinski definition) is 4. The molecule has 0 fully saturated rings. The molecule has 0 radical (unpaired) electrons. The van der Waals surface area contributed by atoms with E-state index in [0.29, 0.717) is 12.2 Å². The van der Waals surface area contributed by atoms with Gasteiger partial charge in [-0.2, -0.15) is 0 Å². The first kappa shape index (κ1) is 10.0. The fourth-order valence-electron chi connectivity index (χ4n) is 1.40. The number of carbonyl (C=O) groups is 1. The minimum Gasteiger partial charge on any atom is -0.501 e. The van der Waals surface area contributed by atoms with Crippen molar-refractivity contribution in [3.8, 4) is 0 Å². The van der Waals surface area contributed by atoms with Gasteiger partial charge < -0.3 is 20.7 Å². The molecule has 13 heavy (non-hydrogen) atoms. The molecule has 5 heteroatoms. The molecule has 0 bridgehead atoms. The Morgan fingerprint density at radius 1 is 1.77 bits per heavy atom. The van der Waals surface area contributed by atoms with Crippen LogP contribution in [0.2, 0.25) is 0 Å². The molecule has 0 heterocycles. The van der Waals surface area contributed by atoms with Crippen LogP contribution in [0.15, 0.2) is 11.8 Å². The summed E-state index contributed by atoms with van der Waals surface area (Å²) in [7, 11) is 1.41. The lowest BCUT2D eigenvalue weighted by Crippen LogP contribution is -2.38. The first-order valence-corrected chi connectivity index (χ1v) is 3.94. The Balaban J connectivity index is 2.81. The van der Waals surface area contributed by atoms with Crippen LogP contribution in [0.4, 0.5) is 0 Å². The van der Waals surface area contributed by atoms with Crippen molar-refractivity contribution in [2.24, 2.45) is 11.7 Å². The molecule has 0 saturated carbocycles. The second-order valence-corrected chi connectivity index (χ2v) is 3.20. The molecular formula is C8H13NO4. The lowest BCUT2D eigenvalue weighted by molar-refractivity contribution is -0.150. The molecule has 0 spiro atoms. The minimum atomic E-state index is -1.98. The van der Waals surface area contributed by atoms with Crippen molar-refractivity contribution >= 4 is 5.91 Å². The van der Waals surface area contributed by atoms with E-state index in [2.05, 4.69) is 0 Å². The van der Waals surface area contributed by atoms with E-state index < -0.39 is 17.6 Å². The molecule has 0 aromatic heterocycles. The Hall–Kier alpha value is -1.07. The van der Waals surface area contributed by atoms with Crippen molar-refractivity contribution < 1.29 is 19.7 Å². The average molecular weight is 187 g/mol. The van der Waals surface area contributed by atoms with Crippen LogP contribution >= 0.6 is 0 Å². The van der Waals surface area contributed by atoms with E-state index in [9.17, 15) is 15.0 Å². The molecule has 74 valence electrons. The first-order valence-electron chi connectivity index (χ1n) is 3.94. The third-order valence-corrected chi connectivity index (χ3v) is 2.05. The first-order chi connectivity index (χ1) is 5.94. The lowest BCUT2D eigenvalue weighted by Gasteiger charge is -2.28. The highest BCUT2D eigenvalue weighted by atomic mass is 16.5. The summed E-state index contributed by atoms with van der Waals surface area (Å²) in [6, 6.07) is 0. The van der Waals surface area contributed by atoms with Gasteiger partial charge in [-0.1, -0.05) is 0 Å².